The van der Waals surface area contributed by atoms with Gasteiger partial charge in [0.25, 0.3) is 5.91 Å². The van der Waals surface area contributed by atoms with Crippen LogP contribution in [0, 0.1) is 13.8 Å². The zero-order chi connectivity index (χ0) is 18.7. The van der Waals surface area contributed by atoms with Crippen molar-refractivity contribution in [3.63, 3.8) is 0 Å². The lowest BCUT2D eigenvalue weighted by atomic mass is 10.1. The minimum atomic E-state index is -0.372. The van der Waals surface area contributed by atoms with Crippen LogP contribution < -0.4 is 19.6 Å². The number of carbonyl (C=O) groups is 1. The molecule has 1 amide bonds. The van der Waals surface area contributed by atoms with E-state index >= 15 is 0 Å². The van der Waals surface area contributed by atoms with Gasteiger partial charge in [-0.1, -0.05) is 11.6 Å². The fourth-order valence-electron chi connectivity index (χ4n) is 2.38. The van der Waals surface area contributed by atoms with E-state index in [2.05, 4.69) is 26.5 Å². The van der Waals surface area contributed by atoms with Crippen LogP contribution in [0.4, 0.5) is 0 Å². The highest BCUT2D eigenvalue weighted by molar-refractivity contribution is 9.10. The number of hydrogen-bond acceptors (Lipinski definition) is 5. The van der Waals surface area contributed by atoms with Crippen LogP contribution >= 0.6 is 27.5 Å². The van der Waals surface area contributed by atoms with Crippen molar-refractivity contribution in [2.45, 2.75) is 13.8 Å². The molecule has 6 nitrogen and oxygen atoms in total. The summed E-state index contributed by atoms with van der Waals surface area (Å²) >= 11 is 9.54. The fraction of sp³-hybridized carbons (Fsp3) is 0.222. The molecule has 1 N–H and O–H groups in total. The molecule has 0 aliphatic carbocycles. The number of hydrogen-bond donors (Lipinski definition) is 1. The molecule has 1 heterocycles. The Kier molecular flexibility index (Phi) is 5.68. The third kappa shape index (κ3) is 4.28. The van der Waals surface area contributed by atoms with Crippen LogP contribution in [-0.2, 0) is 4.79 Å². The van der Waals surface area contributed by atoms with Crippen molar-refractivity contribution < 1.29 is 19.0 Å². The third-order valence-corrected chi connectivity index (χ3v) is 4.95. The number of nitrogens with one attached hydrogen (secondary N) is 1. The number of aryl methyl sites for hydroxylation is 2. The quantitative estimate of drug-likeness (QED) is 0.565. The summed E-state index contributed by atoms with van der Waals surface area (Å²) in [7, 11) is 0. The van der Waals surface area contributed by atoms with Crippen LogP contribution in [0.1, 0.15) is 16.7 Å². The Balaban J connectivity index is 1.55. The first kappa shape index (κ1) is 18.5. The topological polar surface area (TPSA) is 69.2 Å². The SMILES string of the molecule is Cc1cc(OCC(=O)N/N=C\c2cc3c(cc2Br)OCO3)cc(C)c1Cl. The second-order valence-electron chi connectivity index (χ2n) is 5.68. The number of rotatable bonds is 5. The van der Waals surface area contributed by atoms with Gasteiger partial charge in [0.15, 0.2) is 18.1 Å². The van der Waals surface area contributed by atoms with E-state index in [4.69, 9.17) is 25.8 Å². The second-order valence-corrected chi connectivity index (χ2v) is 6.91. The third-order valence-electron chi connectivity index (χ3n) is 3.66. The highest BCUT2D eigenvalue weighted by Crippen LogP contribution is 2.36. The van der Waals surface area contributed by atoms with Crippen molar-refractivity contribution in [3.05, 3.63) is 50.5 Å². The highest BCUT2D eigenvalue weighted by Gasteiger charge is 2.15. The van der Waals surface area contributed by atoms with Crippen LogP contribution in [-0.4, -0.2) is 25.5 Å². The summed E-state index contributed by atoms with van der Waals surface area (Å²) in [5.41, 5.74) is 4.97. The fourth-order valence-corrected chi connectivity index (χ4v) is 2.91. The van der Waals surface area contributed by atoms with E-state index in [9.17, 15) is 4.79 Å². The molecule has 0 saturated heterocycles. The molecule has 0 aromatic heterocycles. The summed E-state index contributed by atoms with van der Waals surface area (Å²) < 4.78 is 16.9. The zero-order valence-corrected chi connectivity index (χ0v) is 16.5. The van der Waals surface area contributed by atoms with Crippen molar-refractivity contribution in [1.82, 2.24) is 5.43 Å². The molecule has 0 atom stereocenters. The lowest BCUT2D eigenvalue weighted by molar-refractivity contribution is -0.123. The maximum atomic E-state index is 11.9. The van der Waals surface area contributed by atoms with Gasteiger partial charge in [-0.05, 0) is 65.2 Å². The summed E-state index contributed by atoms with van der Waals surface area (Å²) in [6.07, 6.45) is 1.51. The molecule has 2 aromatic carbocycles. The average Bonchev–Trinajstić information content (AvgIpc) is 3.05. The molecule has 1 aliphatic rings. The Morgan fingerprint density at radius 2 is 1.92 bits per heavy atom. The minimum absolute atomic E-state index is 0.153. The summed E-state index contributed by atoms with van der Waals surface area (Å²) in [5, 5.41) is 4.63. The van der Waals surface area contributed by atoms with Gasteiger partial charge >= 0.3 is 0 Å². The summed E-state index contributed by atoms with van der Waals surface area (Å²) in [6, 6.07) is 7.14. The normalized spacial score (nSPS) is 12.5. The molecule has 0 saturated carbocycles. The van der Waals surface area contributed by atoms with Crippen molar-refractivity contribution in [3.8, 4) is 17.2 Å². The Labute approximate surface area is 164 Å². The monoisotopic (exact) mass is 438 g/mol. The number of amides is 1. The van der Waals surface area contributed by atoms with Gasteiger partial charge in [0.1, 0.15) is 5.75 Å². The molecule has 2 aromatic rings. The van der Waals surface area contributed by atoms with E-state index in [0.717, 1.165) is 21.2 Å². The van der Waals surface area contributed by atoms with Gasteiger partial charge in [0.2, 0.25) is 6.79 Å². The molecule has 0 fully saturated rings. The molecule has 0 unspecified atom stereocenters. The molecule has 136 valence electrons. The number of benzene rings is 2. The smallest absolute Gasteiger partial charge is 0.277 e. The van der Waals surface area contributed by atoms with Gasteiger partial charge in [0, 0.05) is 15.1 Å². The first-order valence-corrected chi connectivity index (χ1v) is 8.91. The maximum Gasteiger partial charge on any atom is 0.277 e. The van der Waals surface area contributed by atoms with Crippen LogP contribution in [0.3, 0.4) is 0 Å². The molecule has 0 spiro atoms. The number of hydrazone groups is 1. The van der Waals surface area contributed by atoms with E-state index in [1.807, 2.05) is 13.8 Å². The first-order chi connectivity index (χ1) is 12.4. The number of fused-ring (bicyclic) bond motifs is 1. The summed E-state index contributed by atoms with van der Waals surface area (Å²) in [5.74, 6) is 1.52. The summed E-state index contributed by atoms with van der Waals surface area (Å²) in [6.45, 7) is 3.81. The Morgan fingerprint density at radius 3 is 2.62 bits per heavy atom. The molecule has 0 bridgehead atoms. The molecule has 8 heteroatoms. The van der Waals surface area contributed by atoms with Gasteiger partial charge in [-0.25, -0.2) is 5.43 Å². The van der Waals surface area contributed by atoms with Crippen molar-refractivity contribution >= 4 is 39.7 Å². The molecular weight excluding hydrogens is 424 g/mol. The maximum absolute atomic E-state index is 11.9. The van der Waals surface area contributed by atoms with Crippen molar-refractivity contribution in [1.29, 1.82) is 0 Å². The largest absolute Gasteiger partial charge is 0.484 e. The van der Waals surface area contributed by atoms with E-state index in [0.29, 0.717) is 22.3 Å². The molecule has 26 heavy (non-hydrogen) atoms. The van der Waals surface area contributed by atoms with Gasteiger partial charge in [-0.2, -0.15) is 5.10 Å². The lowest BCUT2D eigenvalue weighted by Crippen LogP contribution is -2.24. The van der Waals surface area contributed by atoms with Crippen LogP contribution in [0.2, 0.25) is 5.02 Å². The lowest BCUT2D eigenvalue weighted by Gasteiger charge is -2.09. The molecule has 0 radical (unpaired) electrons. The Morgan fingerprint density at radius 1 is 1.27 bits per heavy atom. The number of nitrogens with zero attached hydrogens (tertiary/aromatic N) is 1. The molecule has 3 rings (SSSR count). The average molecular weight is 440 g/mol. The van der Waals surface area contributed by atoms with Crippen molar-refractivity contribution in [2.24, 2.45) is 5.10 Å². The number of ether oxygens (including phenoxy) is 3. The predicted octanol–water partition coefficient (Wildman–Crippen LogP) is 3.98. The molecular formula is C18H16BrClN2O4. The number of halogens is 2. The van der Waals surface area contributed by atoms with E-state index in [-0.39, 0.29) is 19.3 Å². The van der Waals surface area contributed by atoms with Gasteiger partial charge in [0.05, 0.1) is 6.21 Å². The first-order valence-electron chi connectivity index (χ1n) is 7.74. The van der Waals surface area contributed by atoms with Crippen molar-refractivity contribution in [2.75, 3.05) is 13.4 Å². The Bertz CT molecular complexity index is 863. The van der Waals surface area contributed by atoms with Crippen LogP contribution in [0.25, 0.3) is 0 Å². The van der Waals surface area contributed by atoms with Crippen LogP contribution in [0.15, 0.2) is 33.8 Å². The van der Waals surface area contributed by atoms with E-state index in [1.165, 1.54) is 6.21 Å². The second kappa shape index (κ2) is 7.97. The standard InChI is InChI=1S/C18H16BrClN2O4/c1-10-3-13(4-11(2)18(10)20)24-8-17(23)22-21-7-12-5-15-16(6-14(12)19)26-9-25-15/h3-7H,8-9H2,1-2H3,(H,22,23)/b21-7-. The zero-order valence-electron chi connectivity index (χ0n) is 14.1. The molecule has 1 aliphatic heterocycles. The van der Waals surface area contributed by atoms with E-state index in [1.54, 1.807) is 24.3 Å². The van der Waals surface area contributed by atoms with Gasteiger partial charge < -0.3 is 14.2 Å². The van der Waals surface area contributed by atoms with E-state index < -0.39 is 0 Å². The van der Waals surface area contributed by atoms with Gasteiger partial charge in [-0.3, -0.25) is 4.79 Å². The minimum Gasteiger partial charge on any atom is -0.484 e. The predicted molar refractivity (Wildman–Crippen MR) is 102 cm³/mol. The Hall–Kier alpha value is -2.25. The summed E-state index contributed by atoms with van der Waals surface area (Å²) in [4.78, 5) is 11.9. The highest BCUT2D eigenvalue weighted by atomic mass is 79.9. The van der Waals surface area contributed by atoms with Crippen LogP contribution in [0.5, 0.6) is 17.2 Å². The number of carbonyl (C=O) groups excluding carboxylic acids is 1. The van der Waals surface area contributed by atoms with Gasteiger partial charge in [-0.15, -0.1) is 0 Å².